The number of aromatic nitrogens is 2. The second-order valence-electron chi connectivity index (χ2n) is 4.31. The molecule has 2 heterocycles. The van der Waals surface area contributed by atoms with E-state index >= 15 is 0 Å². The Kier molecular flexibility index (Phi) is 5.26. The van der Waals surface area contributed by atoms with E-state index in [1.54, 1.807) is 0 Å². The van der Waals surface area contributed by atoms with Crippen LogP contribution in [0.3, 0.4) is 0 Å². The first-order valence-electron chi connectivity index (χ1n) is 5.79. The van der Waals surface area contributed by atoms with Gasteiger partial charge in [0.1, 0.15) is 0 Å². The maximum absolute atomic E-state index is 6.02. The summed E-state index contributed by atoms with van der Waals surface area (Å²) in [6.07, 6.45) is 2.26. The average Bonchev–Trinajstić information content (AvgIpc) is 2.66. The standard InChI is InChI=1S/C12H16N4.2ClH/c13-12-15-10-3-1-2-4-11(10)16(12)9-5-7-14-8-6-9;;/h1-4,9,14H,5-8H2,(H2,13,15);2*1H. The molecule has 1 aromatic carbocycles. The third-order valence-corrected chi connectivity index (χ3v) is 3.30. The lowest BCUT2D eigenvalue weighted by Crippen LogP contribution is -2.29. The van der Waals surface area contributed by atoms with Gasteiger partial charge in [0, 0.05) is 6.04 Å². The Labute approximate surface area is 119 Å². The molecule has 3 rings (SSSR count). The molecule has 0 saturated carbocycles. The molecule has 2 aromatic rings. The van der Waals surface area contributed by atoms with E-state index in [0.29, 0.717) is 12.0 Å². The molecule has 0 radical (unpaired) electrons. The number of halogens is 2. The van der Waals surface area contributed by atoms with Gasteiger partial charge in [-0.25, -0.2) is 4.98 Å². The van der Waals surface area contributed by atoms with Crippen LogP contribution in [0.15, 0.2) is 24.3 Å². The van der Waals surface area contributed by atoms with Crippen LogP contribution in [0.25, 0.3) is 11.0 Å². The molecule has 4 nitrogen and oxygen atoms in total. The SMILES string of the molecule is Cl.Cl.Nc1nc2ccccc2n1C1CCNCC1. The van der Waals surface area contributed by atoms with E-state index in [1.807, 2.05) is 18.2 Å². The van der Waals surface area contributed by atoms with Gasteiger partial charge in [-0.05, 0) is 38.1 Å². The first kappa shape index (κ1) is 15.1. The topological polar surface area (TPSA) is 55.9 Å². The number of nitrogen functional groups attached to an aromatic ring is 1. The number of para-hydroxylation sites is 2. The van der Waals surface area contributed by atoms with Gasteiger partial charge in [0.25, 0.3) is 0 Å². The second-order valence-corrected chi connectivity index (χ2v) is 4.31. The third-order valence-electron chi connectivity index (χ3n) is 3.30. The molecule has 6 heteroatoms. The summed E-state index contributed by atoms with van der Waals surface area (Å²) < 4.78 is 2.19. The van der Waals surface area contributed by atoms with Gasteiger partial charge in [0.05, 0.1) is 11.0 Å². The summed E-state index contributed by atoms with van der Waals surface area (Å²) in [6, 6.07) is 8.65. The van der Waals surface area contributed by atoms with Crippen molar-refractivity contribution in [3.63, 3.8) is 0 Å². The Morgan fingerprint density at radius 2 is 1.83 bits per heavy atom. The summed E-state index contributed by atoms with van der Waals surface area (Å²) >= 11 is 0. The van der Waals surface area contributed by atoms with Crippen LogP contribution in [0, 0.1) is 0 Å². The highest BCUT2D eigenvalue weighted by molar-refractivity contribution is 5.85. The molecular formula is C12H18Cl2N4. The largest absolute Gasteiger partial charge is 0.369 e. The zero-order chi connectivity index (χ0) is 11.0. The van der Waals surface area contributed by atoms with Gasteiger partial charge in [-0.1, -0.05) is 12.1 Å². The minimum atomic E-state index is 0. The summed E-state index contributed by atoms with van der Waals surface area (Å²) in [4.78, 5) is 4.41. The van der Waals surface area contributed by atoms with Crippen molar-refractivity contribution in [1.29, 1.82) is 0 Å². The molecule has 1 aliphatic rings. The van der Waals surface area contributed by atoms with E-state index in [4.69, 9.17) is 5.73 Å². The molecule has 1 aliphatic heterocycles. The minimum Gasteiger partial charge on any atom is -0.369 e. The lowest BCUT2D eigenvalue weighted by Gasteiger charge is -2.25. The first-order chi connectivity index (χ1) is 7.86. The molecular weight excluding hydrogens is 271 g/mol. The lowest BCUT2D eigenvalue weighted by molar-refractivity contribution is 0.378. The third kappa shape index (κ3) is 2.55. The maximum atomic E-state index is 6.02. The van der Waals surface area contributed by atoms with Crippen LogP contribution >= 0.6 is 24.8 Å². The van der Waals surface area contributed by atoms with Crippen molar-refractivity contribution >= 4 is 41.8 Å². The second kappa shape index (κ2) is 6.27. The highest BCUT2D eigenvalue weighted by Crippen LogP contribution is 2.27. The molecule has 0 atom stereocenters. The number of rotatable bonds is 1. The molecule has 0 spiro atoms. The Balaban J connectivity index is 0.000000810. The van der Waals surface area contributed by atoms with Gasteiger partial charge in [-0.3, -0.25) is 0 Å². The summed E-state index contributed by atoms with van der Waals surface area (Å²) in [5.41, 5.74) is 8.17. The van der Waals surface area contributed by atoms with Crippen molar-refractivity contribution < 1.29 is 0 Å². The van der Waals surface area contributed by atoms with E-state index in [-0.39, 0.29) is 24.8 Å². The molecule has 1 aromatic heterocycles. The summed E-state index contributed by atoms with van der Waals surface area (Å²) in [6.45, 7) is 2.13. The van der Waals surface area contributed by atoms with Crippen LogP contribution < -0.4 is 11.1 Å². The molecule has 18 heavy (non-hydrogen) atoms. The maximum Gasteiger partial charge on any atom is 0.201 e. The number of imidazole rings is 1. The predicted octanol–water partition coefficient (Wildman–Crippen LogP) is 2.39. The highest BCUT2D eigenvalue weighted by Gasteiger charge is 2.19. The van der Waals surface area contributed by atoms with Gasteiger partial charge in [0.15, 0.2) is 0 Å². The van der Waals surface area contributed by atoms with E-state index < -0.39 is 0 Å². The normalized spacial score (nSPS) is 16.0. The number of nitrogens with zero attached hydrogens (tertiary/aromatic N) is 2. The van der Waals surface area contributed by atoms with Crippen LogP contribution in [0.5, 0.6) is 0 Å². The van der Waals surface area contributed by atoms with E-state index in [2.05, 4.69) is 20.9 Å². The number of benzene rings is 1. The Morgan fingerprint density at radius 3 is 2.56 bits per heavy atom. The lowest BCUT2D eigenvalue weighted by atomic mass is 10.1. The molecule has 100 valence electrons. The van der Waals surface area contributed by atoms with E-state index in [9.17, 15) is 0 Å². The Bertz CT molecular complexity index is 506. The summed E-state index contributed by atoms with van der Waals surface area (Å²) in [5.74, 6) is 0.646. The number of fused-ring (bicyclic) bond motifs is 1. The quantitative estimate of drug-likeness (QED) is 0.847. The van der Waals surface area contributed by atoms with E-state index in [1.165, 1.54) is 0 Å². The van der Waals surface area contributed by atoms with Crippen LogP contribution in [0.4, 0.5) is 5.95 Å². The van der Waals surface area contributed by atoms with Crippen molar-refractivity contribution in [1.82, 2.24) is 14.9 Å². The van der Waals surface area contributed by atoms with Crippen LogP contribution in [0.1, 0.15) is 18.9 Å². The van der Waals surface area contributed by atoms with Gasteiger partial charge in [-0.15, -0.1) is 24.8 Å². The minimum absolute atomic E-state index is 0. The Morgan fingerprint density at radius 1 is 1.17 bits per heavy atom. The van der Waals surface area contributed by atoms with Gasteiger partial charge < -0.3 is 15.6 Å². The van der Waals surface area contributed by atoms with Crippen LogP contribution in [-0.2, 0) is 0 Å². The molecule has 1 saturated heterocycles. The van der Waals surface area contributed by atoms with Crippen molar-refractivity contribution in [2.24, 2.45) is 0 Å². The predicted molar refractivity (Wildman–Crippen MR) is 79.8 cm³/mol. The fraction of sp³-hybridized carbons (Fsp3) is 0.417. The van der Waals surface area contributed by atoms with Gasteiger partial charge >= 0.3 is 0 Å². The average molecular weight is 289 g/mol. The first-order valence-corrected chi connectivity index (χ1v) is 5.79. The number of nitrogens with one attached hydrogen (secondary N) is 1. The molecule has 0 bridgehead atoms. The van der Waals surface area contributed by atoms with Gasteiger partial charge in [-0.2, -0.15) is 0 Å². The molecule has 3 N–H and O–H groups in total. The molecule has 1 fully saturated rings. The van der Waals surface area contributed by atoms with Crippen LogP contribution in [0.2, 0.25) is 0 Å². The number of hydrogen-bond donors (Lipinski definition) is 2. The number of hydrogen-bond acceptors (Lipinski definition) is 3. The molecule has 0 aliphatic carbocycles. The fourth-order valence-corrected chi connectivity index (χ4v) is 2.51. The fourth-order valence-electron chi connectivity index (χ4n) is 2.51. The Hall–Kier alpha value is -0.970. The smallest absolute Gasteiger partial charge is 0.201 e. The summed E-state index contributed by atoms with van der Waals surface area (Å²) in [7, 11) is 0. The number of anilines is 1. The van der Waals surface area contributed by atoms with Crippen molar-refractivity contribution in [2.75, 3.05) is 18.8 Å². The zero-order valence-corrected chi connectivity index (χ0v) is 11.6. The van der Waals surface area contributed by atoms with Crippen molar-refractivity contribution in [3.8, 4) is 0 Å². The highest BCUT2D eigenvalue weighted by atomic mass is 35.5. The zero-order valence-electron chi connectivity index (χ0n) is 10.0. The van der Waals surface area contributed by atoms with Crippen molar-refractivity contribution in [2.45, 2.75) is 18.9 Å². The number of piperidine rings is 1. The summed E-state index contributed by atoms with van der Waals surface area (Å²) in [5, 5.41) is 3.37. The monoisotopic (exact) mass is 288 g/mol. The van der Waals surface area contributed by atoms with E-state index in [0.717, 1.165) is 37.0 Å². The van der Waals surface area contributed by atoms with Crippen LogP contribution in [-0.4, -0.2) is 22.6 Å². The van der Waals surface area contributed by atoms with Gasteiger partial charge in [0.2, 0.25) is 5.95 Å². The molecule has 0 unspecified atom stereocenters. The number of nitrogens with two attached hydrogens (primary N) is 1. The molecule has 0 amide bonds. The van der Waals surface area contributed by atoms with Crippen molar-refractivity contribution in [3.05, 3.63) is 24.3 Å².